The number of benzene rings is 3. The highest BCUT2D eigenvalue weighted by atomic mass is 32.1. The van der Waals surface area contributed by atoms with Crippen molar-refractivity contribution in [2.75, 3.05) is 27.9 Å². The number of hydrogen-bond donors (Lipinski definition) is 0. The van der Waals surface area contributed by atoms with E-state index >= 15 is 0 Å². The Morgan fingerprint density at radius 2 is 1.61 bits per heavy atom. The number of carbonyl (C=O) groups excluding carboxylic acids is 1. The number of hydrogen-bond acceptors (Lipinski definition) is 8. The molecule has 0 amide bonds. The van der Waals surface area contributed by atoms with Crippen LogP contribution in [0.3, 0.4) is 0 Å². The maximum Gasteiger partial charge on any atom is 0.355 e. The second-order valence-corrected chi connectivity index (χ2v) is 8.60. The average Bonchev–Trinajstić information content (AvgIpc) is 3.50. The van der Waals surface area contributed by atoms with Gasteiger partial charge in [-0.15, -0.1) is 0 Å². The monoisotopic (exact) mass is 503 g/mol. The molecule has 0 aliphatic heterocycles. The molecular weight excluding hydrogens is 478 g/mol. The number of nitrogens with zero attached hydrogens (tertiary/aromatic N) is 3. The van der Waals surface area contributed by atoms with Gasteiger partial charge >= 0.3 is 5.97 Å². The summed E-state index contributed by atoms with van der Waals surface area (Å²) in [4.78, 5) is 13.5. The fraction of sp³-hybridized carbons (Fsp3) is 0.222. The van der Waals surface area contributed by atoms with Crippen LogP contribution in [0.15, 0.2) is 54.6 Å². The molecule has 0 radical (unpaired) electrons. The van der Waals surface area contributed by atoms with Crippen molar-refractivity contribution < 1.29 is 23.7 Å². The Balaban J connectivity index is 1.81. The topological polar surface area (TPSA) is 84.7 Å². The molecule has 0 N–H and O–H groups in total. The minimum atomic E-state index is -0.408. The van der Waals surface area contributed by atoms with Crippen LogP contribution in [0.4, 0.5) is 0 Å². The SMILES string of the molecule is CCOC(=O)c1c(-c2ccc(OC)cc2)c2cc(OC)c(OC)cc2n1Cc1ccc2nsnc2c1. The lowest BCUT2D eigenvalue weighted by molar-refractivity contribution is 0.0516. The third kappa shape index (κ3) is 4.11. The number of carbonyl (C=O) groups is 1. The van der Waals surface area contributed by atoms with Crippen LogP contribution < -0.4 is 14.2 Å². The van der Waals surface area contributed by atoms with Gasteiger partial charge in [0.1, 0.15) is 22.5 Å². The summed E-state index contributed by atoms with van der Waals surface area (Å²) in [6, 6.07) is 17.3. The van der Waals surface area contributed by atoms with Gasteiger partial charge in [-0.25, -0.2) is 4.79 Å². The molecule has 5 aromatic rings. The minimum absolute atomic E-state index is 0.255. The first-order valence-electron chi connectivity index (χ1n) is 11.4. The van der Waals surface area contributed by atoms with E-state index in [1.54, 1.807) is 28.3 Å². The molecule has 0 saturated heterocycles. The van der Waals surface area contributed by atoms with Crippen molar-refractivity contribution in [3.8, 4) is 28.4 Å². The predicted octanol–water partition coefficient (Wildman–Crippen LogP) is 5.56. The second-order valence-electron chi connectivity index (χ2n) is 8.07. The molecular formula is C27H25N3O5S. The van der Waals surface area contributed by atoms with Gasteiger partial charge < -0.3 is 23.5 Å². The van der Waals surface area contributed by atoms with Crippen LogP contribution >= 0.6 is 11.7 Å². The van der Waals surface area contributed by atoms with Crippen LogP contribution in [0.25, 0.3) is 33.1 Å². The summed E-state index contributed by atoms with van der Waals surface area (Å²) in [6.45, 7) is 2.47. The molecule has 0 atom stereocenters. The minimum Gasteiger partial charge on any atom is -0.497 e. The van der Waals surface area contributed by atoms with Gasteiger partial charge in [-0.2, -0.15) is 8.75 Å². The zero-order chi connectivity index (χ0) is 25.2. The normalized spacial score (nSPS) is 11.1. The van der Waals surface area contributed by atoms with Crippen molar-refractivity contribution >= 4 is 39.6 Å². The second kappa shape index (κ2) is 9.87. The van der Waals surface area contributed by atoms with E-state index < -0.39 is 5.97 Å². The van der Waals surface area contributed by atoms with E-state index in [4.69, 9.17) is 18.9 Å². The molecule has 36 heavy (non-hydrogen) atoms. The maximum absolute atomic E-state index is 13.5. The van der Waals surface area contributed by atoms with E-state index in [0.717, 1.165) is 44.4 Å². The van der Waals surface area contributed by atoms with Crippen molar-refractivity contribution in [2.45, 2.75) is 13.5 Å². The van der Waals surface area contributed by atoms with E-state index in [2.05, 4.69) is 8.75 Å². The van der Waals surface area contributed by atoms with Crippen LogP contribution in [-0.2, 0) is 11.3 Å². The van der Waals surface area contributed by atoms with Crippen LogP contribution in [-0.4, -0.2) is 47.2 Å². The van der Waals surface area contributed by atoms with Crippen molar-refractivity contribution in [3.63, 3.8) is 0 Å². The lowest BCUT2D eigenvalue weighted by Crippen LogP contribution is -2.14. The molecule has 2 aromatic heterocycles. The summed E-state index contributed by atoms with van der Waals surface area (Å²) >= 11 is 1.18. The van der Waals surface area contributed by atoms with Gasteiger partial charge in [-0.05, 0) is 48.4 Å². The summed E-state index contributed by atoms with van der Waals surface area (Å²) in [7, 11) is 4.81. The van der Waals surface area contributed by atoms with Crippen molar-refractivity contribution in [1.29, 1.82) is 0 Å². The average molecular weight is 504 g/mol. The zero-order valence-electron chi connectivity index (χ0n) is 20.4. The maximum atomic E-state index is 13.5. The van der Waals surface area contributed by atoms with E-state index in [-0.39, 0.29) is 6.61 Å². The van der Waals surface area contributed by atoms with E-state index in [1.165, 1.54) is 11.7 Å². The van der Waals surface area contributed by atoms with Crippen LogP contribution in [0.1, 0.15) is 23.0 Å². The lowest BCUT2D eigenvalue weighted by atomic mass is 10.0. The summed E-state index contributed by atoms with van der Waals surface area (Å²) in [5.74, 6) is 1.46. The van der Waals surface area contributed by atoms with Crippen LogP contribution in [0.2, 0.25) is 0 Å². The standard InChI is InChI=1S/C27H25N3O5S/c1-5-35-27(31)26-25(17-7-9-18(32-2)10-8-17)19-13-23(33-3)24(34-4)14-22(19)30(26)15-16-6-11-20-21(12-16)29-36-28-20/h6-14H,5,15H2,1-4H3. The first kappa shape index (κ1) is 23.6. The fourth-order valence-corrected chi connectivity index (χ4v) is 4.93. The largest absolute Gasteiger partial charge is 0.497 e. The third-order valence-electron chi connectivity index (χ3n) is 6.08. The molecule has 0 aliphatic rings. The predicted molar refractivity (Wildman–Crippen MR) is 140 cm³/mol. The summed E-state index contributed by atoms with van der Waals surface area (Å²) in [6.07, 6.45) is 0. The number of fused-ring (bicyclic) bond motifs is 2. The highest BCUT2D eigenvalue weighted by Gasteiger charge is 2.27. The molecule has 0 saturated carbocycles. The zero-order valence-corrected chi connectivity index (χ0v) is 21.2. The van der Waals surface area contributed by atoms with Gasteiger partial charge in [0.05, 0.1) is 45.2 Å². The Morgan fingerprint density at radius 1 is 0.889 bits per heavy atom. The van der Waals surface area contributed by atoms with Crippen LogP contribution in [0.5, 0.6) is 17.2 Å². The van der Waals surface area contributed by atoms with Crippen molar-refractivity contribution in [2.24, 2.45) is 0 Å². The van der Waals surface area contributed by atoms with Crippen molar-refractivity contribution in [1.82, 2.24) is 13.3 Å². The molecule has 9 heteroatoms. The van der Waals surface area contributed by atoms with E-state index in [1.807, 2.05) is 59.2 Å². The Bertz CT molecular complexity index is 1560. The smallest absolute Gasteiger partial charge is 0.355 e. The lowest BCUT2D eigenvalue weighted by Gasteiger charge is -2.13. The molecule has 0 aliphatic carbocycles. The Hall–Kier alpha value is -4.11. The Kier molecular flexibility index (Phi) is 6.47. The Labute approximate surface area is 212 Å². The van der Waals surface area contributed by atoms with Gasteiger partial charge in [-0.3, -0.25) is 0 Å². The summed E-state index contributed by atoms with van der Waals surface area (Å²) in [5, 5.41) is 0.845. The first-order valence-corrected chi connectivity index (χ1v) is 12.1. The molecule has 0 unspecified atom stereocenters. The summed E-state index contributed by atoms with van der Waals surface area (Å²) < 4.78 is 32.7. The van der Waals surface area contributed by atoms with Gasteiger partial charge in [-0.1, -0.05) is 18.2 Å². The third-order valence-corrected chi connectivity index (χ3v) is 6.63. The molecule has 0 spiro atoms. The molecule has 184 valence electrons. The van der Waals surface area contributed by atoms with Crippen LogP contribution in [0, 0.1) is 0 Å². The van der Waals surface area contributed by atoms with E-state index in [9.17, 15) is 4.79 Å². The molecule has 0 bridgehead atoms. The fourth-order valence-electron chi connectivity index (χ4n) is 4.41. The molecule has 8 nitrogen and oxygen atoms in total. The van der Waals surface area contributed by atoms with Gasteiger partial charge in [0, 0.05) is 23.6 Å². The van der Waals surface area contributed by atoms with E-state index in [0.29, 0.717) is 23.7 Å². The quantitative estimate of drug-likeness (QED) is 0.256. The number of esters is 1. The van der Waals surface area contributed by atoms with Crippen molar-refractivity contribution in [3.05, 3.63) is 65.9 Å². The number of ether oxygens (including phenoxy) is 4. The number of methoxy groups -OCH3 is 3. The molecule has 3 aromatic carbocycles. The highest BCUT2D eigenvalue weighted by molar-refractivity contribution is 7.00. The molecule has 5 rings (SSSR count). The molecule has 2 heterocycles. The number of aromatic nitrogens is 3. The highest BCUT2D eigenvalue weighted by Crippen LogP contribution is 2.42. The molecule has 0 fully saturated rings. The van der Waals surface area contributed by atoms with Gasteiger partial charge in [0.2, 0.25) is 0 Å². The first-order chi connectivity index (χ1) is 17.6. The number of rotatable bonds is 8. The van der Waals surface area contributed by atoms with Gasteiger partial charge in [0.25, 0.3) is 0 Å². The van der Waals surface area contributed by atoms with Gasteiger partial charge in [0.15, 0.2) is 11.5 Å². The summed E-state index contributed by atoms with van der Waals surface area (Å²) in [5.41, 5.74) is 5.52. The Morgan fingerprint density at radius 3 is 2.31 bits per heavy atom.